The van der Waals surface area contributed by atoms with Crippen LogP contribution >= 0.6 is 0 Å². The van der Waals surface area contributed by atoms with E-state index in [4.69, 9.17) is 0 Å². The van der Waals surface area contributed by atoms with Gasteiger partial charge in [-0.25, -0.2) is 0 Å². The van der Waals surface area contributed by atoms with Crippen molar-refractivity contribution in [2.75, 3.05) is 39.1 Å². The molecule has 2 fully saturated rings. The van der Waals surface area contributed by atoms with E-state index in [0.717, 1.165) is 17.7 Å². The number of hydrogen-bond acceptors (Lipinski definition) is 4. The molecule has 1 saturated carbocycles. The predicted octanol–water partition coefficient (Wildman–Crippen LogP) is 2.73. The summed E-state index contributed by atoms with van der Waals surface area (Å²) >= 11 is 0. The van der Waals surface area contributed by atoms with Crippen molar-refractivity contribution in [1.29, 1.82) is 0 Å². The lowest BCUT2D eigenvalue weighted by Gasteiger charge is -2.34. The molecule has 0 radical (unpaired) electrons. The van der Waals surface area contributed by atoms with Crippen LogP contribution in [0.15, 0.2) is 24.3 Å². The number of amides is 1. The van der Waals surface area contributed by atoms with Gasteiger partial charge in [-0.05, 0) is 42.9 Å². The van der Waals surface area contributed by atoms with Gasteiger partial charge < -0.3 is 14.9 Å². The standard InChI is InChI=1S/C22H35N3O2/c1-23(2)19-11-9-17(10-12-19)14-24(3)22(27)16-25-15-20(26)13-21(25)18-7-5-4-6-8-18/h9-12,18,20-21,26H,4-8,13-16H2,1-3H3. The Morgan fingerprint density at radius 2 is 1.78 bits per heavy atom. The van der Waals surface area contributed by atoms with Crippen LogP contribution in [0.25, 0.3) is 0 Å². The molecule has 3 rings (SSSR count). The van der Waals surface area contributed by atoms with E-state index in [1.54, 1.807) is 0 Å². The van der Waals surface area contributed by atoms with Gasteiger partial charge in [0.1, 0.15) is 0 Å². The number of anilines is 1. The van der Waals surface area contributed by atoms with Crippen molar-refractivity contribution in [2.24, 2.45) is 5.92 Å². The Balaban J connectivity index is 1.56. The molecule has 5 heteroatoms. The average Bonchev–Trinajstić information content (AvgIpc) is 3.03. The molecule has 0 spiro atoms. The molecule has 1 aromatic carbocycles. The molecule has 27 heavy (non-hydrogen) atoms. The second kappa shape index (κ2) is 9.07. The van der Waals surface area contributed by atoms with E-state index >= 15 is 0 Å². The van der Waals surface area contributed by atoms with Gasteiger partial charge in [-0.15, -0.1) is 0 Å². The Labute approximate surface area is 163 Å². The van der Waals surface area contributed by atoms with Crippen LogP contribution in [0.2, 0.25) is 0 Å². The van der Waals surface area contributed by atoms with Crippen molar-refractivity contribution in [3.63, 3.8) is 0 Å². The highest BCUT2D eigenvalue weighted by atomic mass is 16.3. The van der Waals surface area contributed by atoms with Crippen molar-refractivity contribution in [1.82, 2.24) is 9.80 Å². The molecular weight excluding hydrogens is 338 g/mol. The van der Waals surface area contributed by atoms with E-state index in [1.165, 1.54) is 32.1 Å². The predicted molar refractivity (Wildman–Crippen MR) is 110 cm³/mol. The molecule has 1 aliphatic heterocycles. The number of rotatable bonds is 6. The zero-order valence-corrected chi connectivity index (χ0v) is 17.1. The summed E-state index contributed by atoms with van der Waals surface area (Å²) in [5.41, 5.74) is 2.30. The lowest BCUT2D eigenvalue weighted by Crippen LogP contribution is -2.43. The number of β-amino-alcohol motifs (C(OH)–C–C–N with tert-alkyl or cyclic N) is 1. The number of carbonyl (C=O) groups is 1. The summed E-state index contributed by atoms with van der Waals surface area (Å²) in [7, 11) is 5.93. The molecule has 1 N–H and O–H groups in total. The Morgan fingerprint density at radius 3 is 2.41 bits per heavy atom. The quantitative estimate of drug-likeness (QED) is 0.833. The SMILES string of the molecule is CN(Cc1ccc(N(C)C)cc1)C(=O)CN1CC(O)CC1C1CCCCC1. The van der Waals surface area contributed by atoms with Crippen molar-refractivity contribution in [2.45, 2.75) is 57.2 Å². The molecule has 0 bridgehead atoms. The van der Waals surface area contributed by atoms with E-state index < -0.39 is 0 Å². The topological polar surface area (TPSA) is 47.0 Å². The number of carbonyl (C=O) groups excluding carboxylic acids is 1. The number of nitrogens with zero attached hydrogens (tertiary/aromatic N) is 3. The van der Waals surface area contributed by atoms with Gasteiger partial charge in [-0.3, -0.25) is 9.69 Å². The maximum atomic E-state index is 12.8. The highest BCUT2D eigenvalue weighted by Crippen LogP contribution is 2.34. The smallest absolute Gasteiger partial charge is 0.236 e. The molecule has 1 aliphatic carbocycles. The molecule has 1 saturated heterocycles. The maximum Gasteiger partial charge on any atom is 0.236 e. The number of hydrogen-bond donors (Lipinski definition) is 1. The van der Waals surface area contributed by atoms with E-state index in [0.29, 0.717) is 31.6 Å². The molecule has 2 aliphatic rings. The summed E-state index contributed by atoms with van der Waals surface area (Å²) in [5, 5.41) is 10.2. The fraction of sp³-hybridized carbons (Fsp3) is 0.682. The van der Waals surface area contributed by atoms with Gasteiger partial charge in [0, 0.05) is 46.0 Å². The summed E-state index contributed by atoms with van der Waals surface area (Å²) in [6.07, 6.45) is 6.96. The van der Waals surface area contributed by atoms with E-state index in [9.17, 15) is 9.90 Å². The van der Waals surface area contributed by atoms with Gasteiger partial charge in [-0.1, -0.05) is 31.4 Å². The molecule has 5 nitrogen and oxygen atoms in total. The summed E-state index contributed by atoms with van der Waals surface area (Å²) in [6.45, 7) is 1.68. The molecule has 2 unspecified atom stereocenters. The third kappa shape index (κ3) is 5.23. The first-order valence-electron chi connectivity index (χ1n) is 10.4. The fourth-order valence-electron chi connectivity index (χ4n) is 4.66. The highest BCUT2D eigenvalue weighted by Gasteiger charge is 2.37. The lowest BCUT2D eigenvalue weighted by molar-refractivity contribution is -0.132. The highest BCUT2D eigenvalue weighted by molar-refractivity contribution is 5.78. The van der Waals surface area contributed by atoms with Crippen LogP contribution in [-0.2, 0) is 11.3 Å². The summed E-state index contributed by atoms with van der Waals surface area (Å²) < 4.78 is 0. The minimum atomic E-state index is -0.284. The number of benzene rings is 1. The van der Waals surface area contributed by atoms with Gasteiger partial charge in [0.15, 0.2) is 0 Å². The molecule has 2 atom stereocenters. The molecule has 1 aromatic rings. The first-order chi connectivity index (χ1) is 12.9. The molecule has 0 aromatic heterocycles. The van der Waals surface area contributed by atoms with Crippen molar-refractivity contribution in [3.05, 3.63) is 29.8 Å². The fourth-order valence-corrected chi connectivity index (χ4v) is 4.66. The zero-order valence-electron chi connectivity index (χ0n) is 17.1. The van der Waals surface area contributed by atoms with Crippen LogP contribution in [0.3, 0.4) is 0 Å². The van der Waals surface area contributed by atoms with Crippen LogP contribution < -0.4 is 4.90 Å². The van der Waals surface area contributed by atoms with Gasteiger partial charge >= 0.3 is 0 Å². The molecule has 1 amide bonds. The van der Waals surface area contributed by atoms with Crippen LogP contribution in [0, 0.1) is 5.92 Å². The minimum absolute atomic E-state index is 0.140. The first kappa shape index (κ1) is 20.2. The molecule has 1 heterocycles. The Kier molecular flexibility index (Phi) is 6.77. The van der Waals surface area contributed by atoms with Crippen LogP contribution in [0.4, 0.5) is 5.69 Å². The van der Waals surface area contributed by atoms with E-state index in [-0.39, 0.29) is 12.0 Å². The summed E-state index contributed by atoms with van der Waals surface area (Å²) in [4.78, 5) is 18.9. The Hall–Kier alpha value is -1.59. The van der Waals surface area contributed by atoms with E-state index in [2.05, 4.69) is 34.1 Å². The van der Waals surface area contributed by atoms with Gasteiger partial charge in [0.25, 0.3) is 0 Å². The first-order valence-corrected chi connectivity index (χ1v) is 10.4. The normalized spacial score (nSPS) is 24.1. The van der Waals surface area contributed by atoms with Crippen LogP contribution in [-0.4, -0.2) is 67.2 Å². The van der Waals surface area contributed by atoms with Gasteiger partial charge in [0.2, 0.25) is 5.91 Å². The third-order valence-corrected chi connectivity index (χ3v) is 6.26. The Bertz CT molecular complexity index is 610. The van der Waals surface area contributed by atoms with Crippen LogP contribution in [0.5, 0.6) is 0 Å². The molecule has 150 valence electrons. The summed E-state index contributed by atoms with van der Waals surface area (Å²) in [5.74, 6) is 0.786. The van der Waals surface area contributed by atoms with Crippen molar-refractivity contribution < 1.29 is 9.90 Å². The monoisotopic (exact) mass is 373 g/mol. The minimum Gasteiger partial charge on any atom is -0.392 e. The zero-order chi connectivity index (χ0) is 19.4. The number of likely N-dealkylation sites (tertiary alicyclic amines) is 1. The van der Waals surface area contributed by atoms with Gasteiger partial charge in [0.05, 0.1) is 12.6 Å². The summed E-state index contributed by atoms with van der Waals surface area (Å²) in [6, 6.07) is 8.72. The van der Waals surface area contributed by atoms with Gasteiger partial charge in [-0.2, -0.15) is 0 Å². The van der Waals surface area contributed by atoms with Crippen molar-refractivity contribution in [3.8, 4) is 0 Å². The number of likely N-dealkylation sites (N-methyl/N-ethyl adjacent to an activating group) is 1. The average molecular weight is 374 g/mol. The number of aliphatic hydroxyl groups is 1. The third-order valence-electron chi connectivity index (χ3n) is 6.26. The second-order valence-corrected chi connectivity index (χ2v) is 8.60. The lowest BCUT2D eigenvalue weighted by atomic mass is 9.83. The van der Waals surface area contributed by atoms with E-state index in [1.807, 2.05) is 26.0 Å². The number of aliphatic hydroxyl groups excluding tert-OH is 1. The van der Waals surface area contributed by atoms with Crippen molar-refractivity contribution >= 4 is 11.6 Å². The largest absolute Gasteiger partial charge is 0.392 e. The Morgan fingerprint density at radius 1 is 1.11 bits per heavy atom. The molecular formula is C22H35N3O2. The van der Waals surface area contributed by atoms with Crippen LogP contribution in [0.1, 0.15) is 44.1 Å². The second-order valence-electron chi connectivity index (χ2n) is 8.60. The maximum absolute atomic E-state index is 12.8.